The van der Waals surface area contributed by atoms with Gasteiger partial charge in [0, 0.05) is 11.5 Å². The number of hydrogen-bond donors (Lipinski definition) is 1. The number of hydrogen-bond acceptors (Lipinski definition) is 4. The molecule has 1 N–H and O–H groups in total. The van der Waals surface area contributed by atoms with Gasteiger partial charge in [-0.15, -0.1) is 22.6 Å². The van der Waals surface area contributed by atoms with E-state index < -0.39 is 0 Å². The van der Waals surface area contributed by atoms with Gasteiger partial charge in [0.2, 0.25) is 0 Å². The molecule has 0 aliphatic carbocycles. The molecule has 0 amide bonds. The van der Waals surface area contributed by atoms with Crippen molar-refractivity contribution >= 4 is 23.7 Å². The van der Waals surface area contributed by atoms with Gasteiger partial charge in [-0.25, -0.2) is 4.39 Å². The molecule has 3 nitrogen and oxygen atoms in total. The summed E-state index contributed by atoms with van der Waals surface area (Å²) in [5.41, 5.74) is 0.551. The van der Waals surface area contributed by atoms with E-state index in [1.54, 1.807) is 12.1 Å². The summed E-state index contributed by atoms with van der Waals surface area (Å²) in [6, 6.07) is 6.72. The summed E-state index contributed by atoms with van der Waals surface area (Å²) in [6.45, 7) is 2.05. The van der Waals surface area contributed by atoms with Gasteiger partial charge in [-0.2, -0.15) is 0 Å². The molecule has 0 saturated carbocycles. The maximum atomic E-state index is 13.7. The average molecular weight is 300 g/mol. The van der Waals surface area contributed by atoms with Crippen molar-refractivity contribution in [3.63, 3.8) is 0 Å². The summed E-state index contributed by atoms with van der Waals surface area (Å²) in [7, 11) is 0. The number of aromatic nitrogens is 2. The standard InChI is InChI=1S/C13H14FN3S.ClH/c14-11-4-2-1-3-10(11)13-17-16-12(18-13)9-5-7-15-8-6-9;/h1-4,9,15H,5-8H2;1H. The molecular weight excluding hydrogens is 285 g/mol. The van der Waals surface area contributed by atoms with Crippen molar-refractivity contribution in [2.24, 2.45) is 0 Å². The monoisotopic (exact) mass is 299 g/mol. The molecule has 19 heavy (non-hydrogen) atoms. The molecule has 1 aromatic carbocycles. The fraction of sp³-hybridized carbons (Fsp3) is 0.385. The van der Waals surface area contributed by atoms with Gasteiger partial charge in [-0.3, -0.25) is 0 Å². The van der Waals surface area contributed by atoms with Gasteiger partial charge >= 0.3 is 0 Å². The van der Waals surface area contributed by atoms with Crippen LogP contribution in [0, 0.1) is 5.82 Å². The van der Waals surface area contributed by atoms with Crippen molar-refractivity contribution in [2.45, 2.75) is 18.8 Å². The van der Waals surface area contributed by atoms with Crippen molar-refractivity contribution in [2.75, 3.05) is 13.1 Å². The summed E-state index contributed by atoms with van der Waals surface area (Å²) >= 11 is 1.52. The second-order valence-corrected chi connectivity index (χ2v) is 5.46. The molecule has 0 bridgehead atoms. The molecule has 1 aromatic heterocycles. The highest BCUT2D eigenvalue weighted by molar-refractivity contribution is 7.14. The van der Waals surface area contributed by atoms with E-state index in [4.69, 9.17) is 0 Å². The first-order valence-corrected chi connectivity index (χ1v) is 6.95. The number of rotatable bonds is 2. The Morgan fingerprint density at radius 1 is 1.16 bits per heavy atom. The Morgan fingerprint density at radius 2 is 1.89 bits per heavy atom. The zero-order valence-corrected chi connectivity index (χ0v) is 11.9. The van der Waals surface area contributed by atoms with Crippen LogP contribution < -0.4 is 5.32 Å². The Balaban J connectivity index is 0.00000133. The zero-order chi connectivity index (χ0) is 12.4. The maximum Gasteiger partial charge on any atom is 0.150 e. The van der Waals surface area contributed by atoms with Crippen LogP contribution in [0.15, 0.2) is 24.3 Å². The van der Waals surface area contributed by atoms with Gasteiger partial charge in [0.25, 0.3) is 0 Å². The fourth-order valence-electron chi connectivity index (χ4n) is 2.21. The Hall–Kier alpha value is -1.04. The highest BCUT2D eigenvalue weighted by atomic mass is 35.5. The number of benzene rings is 1. The fourth-order valence-corrected chi connectivity index (χ4v) is 3.25. The lowest BCUT2D eigenvalue weighted by molar-refractivity contribution is 0.457. The smallest absolute Gasteiger partial charge is 0.150 e. The zero-order valence-electron chi connectivity index (χ0n) is 10.3. The molecule has 1 aliphatic rings. The van der Waals surface area contributed by atoms with Gasteiger partial charge in [-0.05, 0) is 38.1 Å². The predicted molar refractivity (Wildman–Crippen MR) is 77.4 cm³/mol. The van der Waals surface area contributed by atoms with Crippen LogP contribution in [0.3, 0.4) is 0 Å². The van der Waals surface area contributed by atoms with Gasteiger partial charge < -0.3 is 5.32 Å². The van der Waals surface area contributed by atoms with Crippen LogP contribution in [-0.4, -0.2) is 23.3 Å². The molecule has 1 aliphatic heterocycles. The Kier molecular flexibility index (Phi) is 4.85. The van der Waals surface area contributed by atoms with Crippen LogP contribution in [0.4, 0.5) is 4.39 Å². The maximum absolute atomic E-state index is 13.7. The van der Waals surface area contributed by atoms with Gasteiger partial charge in [0.05, 0.1) is 0 Å². The number of piperidine rings is 1. The van der Waals surface area contributed by atoms with Crippen LogP contribution in [0.25, 0.3) is 10.6 Å². The van der Waals surface area contributed by atoms with Gasteiger partial charge in [-0.1, -0.05) is 23.5 Å². The number of nitrogens with zero attached hydrogens (tertiary/aromatic N) is 2. The normalized spacial score (nSPS) is 16.1. The van der Waals surface area contributed by atoms with E-state index >= 15 is 0 Å². The van der Waals surface area contributed by atoms with E-state index in [0.29, 0.717) is 16.5 Å². The molecule has 0 unspecified atom stereocenters. The highest BCUT2D eigenvalue weighted by Gasteiger charge is 2.20. The minimum Gasteiger partial charge on any atom is -0.317 e. The number of halogens is 2. The summed E-state index contributed by atoms with van der Waals surface area (Å²) < 4.78 is 13.7. The first kappa shape index (κ1) is 14.4. The van der Waals surface area contributed by atoms with Crippen molar-refractivity contribution in [1.82, 2.24) is 15.5 Å². The molecule has 1 fully saturated rings. The molecule has 2 heterocycles. The van der Waals surface area contributed by atoms with Gasteiger partial charge in [0.15, 0.2) is 5.01 Å². The Labute approximate surface area is 121 Å². The average Bonchev–Trinajstić information content (AvgIpc) is 2.90. The lowest BCUT2D eigenvalue weighted by Gasteiger charge is -2.19. The molecule has 0 radical (unpaired) electrons. The first-order valence-electron chi connectivity index (χ1n) is 6.13. The molecule has 6 heteroatoms. The summed E-state index contributed by atoms with van der Waals surface area (Å²) in [5.74, 6) is 0.245. The third kappa shape index (κ3) is 3.11. The highest BCUT2D eigenvalue weighted by Crippen LogP contribution is 2.32. The predicted octanol–water partition coefficient (Wildman–Crippen LogP) is 3.23. The summed E-state index contributed by atoms with van der Waals surface area (Å²) in [5, 5.41) is 13.4. The second-order valence-electron chi connectivity index (χ2n) is 4.45. The van der Waals surface area contributed by atoms with E-state index in [0.717, 1.165) is 30.9 Å². The lowest BCUT2D eigenvalue weighted by Crippen LogP contribution is -2.26. The van der Waals surface area contributed by atoms with Crippen molar-refractivity contribution in [3.05, 3.63) is 35.1 Å². The molecule has 102 valence electrons. The topological polar surface area (TPSA) is 37.8 Å². The van der Waals surface area contributed by atoms with E-state index in [2.05, 4.69) is 15.5 Å². The largest absolute Gasteiger partial charge is 0.317 e. The SMILES string of the molecule is Cl.Fc1ccccc1-c1nnc(C2CCNCC2)s1. The Bertz CT molecular complexity index is 540. The van der Waals surface area contributed by atoms with Crippen molar-refractivity contribution < 1.29 is 4.39 Å². The third-order valence-electron chi connectivity index (χ3n) is 3.23. The van der Waals surface area contributed by atoms with E-state index in [1.807, 2.05) is 6.07 Å². The summed E-state index contributed by atoms with van der Waals surface area (Å²) in [6.07, 6.45) is 2.18. The Morgan fingerprint density at radius 3 is 2.63 bits per heavy atom. The van der Waals surface area contributed by atoms with Crippen molar-refractivity contribution in [3.8, 4) is 10.6 Å². The molecule has 3 rings (SSSR count). The van der Waals surface area contributed by atoms with Crippen LogP contribution in [0.1, 0.15) is 23.8 Å². The lowest BCUT2D eigenvalue weighted by atomic mass is 9.99. The first-order chi connectivity index (χ1) is 8.84. The van der Waals surface area contributed by atoms with Crippen LogP contribution in [0.5, 0.6) is 0 Å². The number of nitrogens with one attached hydrogen (secondary N) is 1. The van der Waals surface area contributed by atoms with Crippen molar-refractivity contribution in [1.29, 1.82) is 0 Å². The third-order valence-corrected chi connectivity index (χ3v) is 4.35. The molecule has 0 atom stereocenters. The minimum atomic E-state index is -0.231. The van der Waals surface area contributed by atoms with Crippen LogP contribution >= 0.6 is 23.7 Å². The minimum absolute atomic E-state index is 0. The summed E-state index contributed by atoms with van der Waals surface area (Å²) in [4.78, 5) is 0. The second kappa shape index (κ2) is 6.41. The van der Waals surface area contributed by atoms with Crippen LogP contribution in [-0.2, 0) is 0 Å². The van der Waals surface area contributed by atoms with E-state index in [9.17, 15) is 4.39 Å². The molecule has 0 spiro atoms. The molecule has 2 aromatic rings. The quantitative estimate of drug-likeness (QED) is 0.925. The van der Waals surface area contributed by atoms with E-state index in [1.165, 1.54) is 17.4 Å². The molecule has 1 saturated heterocycles. The van der Waals surface area contributed by atoms with E-state index in [-0.39, 0.29) is 18.2 Å². The van der Waals surface area contributed by atoms with Gasteiger partial charge in [0.1, 0.15) is 10.8 Å². The van der Waals surface area contributed by atoms with Crippen LogP contribution in [0.2, 0.25) is 0 Å². The molecular formula is C13H15ClFN3S.